The summed E-state index contributed by atoms with van der Waals surface area (Å²) >= 11 is 3.13. The number of carboxylic acids is 1. The molecule has 0 heterocycles. The molecule has 0 aliphatic rings. The smallest absolute Gasteiger partial charge is 0.317 e. The van der Waals surface area contributed by atoms with Gasteiger partial charge in [-0.05, 0) is 6.92 Å². The average Bonchev–Trinajstić information content (AvgIpc) is 1.61. The summed E-state index contributed by atoms with van der Waals surface area (Å²) in [6.07, 6.45) is 0. The molecule has 0 aliphatic carbocycles. The second kappa shape index (κ2) is 3.86. The summed E-state index contributed by atoms with van der Waals surface area (Å²) in [5, 5.41) is 10.7. The van der Waals surface area contributed by atoms with Crippen LogP contribution in [0.25, 0.3) is 0 Å². The first-order valence-electron chi connectivity index (χ1n) is 2.22. The van der Waals surface area contributed by atoms with Crippen LogP contribution >= 0.6 is 15.9 Å². The summed E-state index contributed by atoms with van der Waals surface area (Å²) in [5.74, 6) is -0.837. The fourth-order valence-electron chi connectivity index (χ4n) is 0.228. The van der Waals surface area contributed by atoms with Gasteiger partial charge in [-0.15, -0.1) is 0 Å². The Morgan fingerprint density at radius 3 is 2.62 bits per heavy atom. The van der Waals surface area contributed by atoms with Gasteiger partial charge >= 0.3 is 5.97 Å². The van der Waals surface area contributed by atoms with Crippen LogP contribution in [0.2, 0.25) is 0 Å². The maximum absolute atomic E-state index is 9.82. The van der Waals surface area contributed by atoms with E-state index in [1.54, 1.807) is 0 Å². The molecule has 2 N–H and O–H groups in total. The van der Waals surface area contributed by atoms with E-state index in [0.717, 1.165) is 0 Å². The molecular formula is C4H8BrNO2. The minimum absolute atomic E-state index is 0.00637. The van der Waals surface area contributed by atoms with Crippen molar-refractivity contribution in [3.8, 4) is 0 Å². The minimum atomic E-state index is -0.837. The summed E-state index contributed by atoms with van der Waals surface area (Å²) in [6, 6.07) is 0. The Balaban J connectivity index is 3.05. The second-order valence-corrected chi connectivity index (χ2v) is 2.76. The predicted molar refractivity (Wildman–Crippen MR) is 34.0 cm³/mol. The predicted octanol–water partition coefficient (Wildman–Crippen LogP) is 0.401. The lowest BCUT2D eigenvalue weighted by molar-refractivity contribution is -0.135. The molecule has 3 nitrogen and oxygen atoms in total. The number of halogens is 1. The van der Waals surface area contributed by atoms with Gasteiger partial charge in [0.15, 0.2) is 0 Å². The third kappa shape index (κ3) is 5.91. The Bertz CT molecular complexity index is 84.1. The summed E-state index contributed by atoms with van der Waals surface area (Å²) in [6.45, 7) is 1.83. The van der Waals surface area contributed by atoms with Crippen LogP contribution in [-0.4, -0.2) is 22.6 Å². The van der Waals surface area contributed by atoms with Crippen molar-refractivity contribution >= 4 is 21.9 Å². The molecule has 0 aromatic rings. The van der Waals surface area contributed by atoms with Gasteiger partial charge < -0.3 is 5.11 Å². The molecule has 4 heteroatoms. The molecule has 0 aromatic carbocycles. The first kappa shape index (κ1) is 7.91. The Kier molecular flexibility index (Phi) is 3.81. The summed E-state index contributed by atoms with van der Waals surface area (Å²) < 4.78 is 0. The number of rotatable bonds is 3. The maximum Gasteiger partial charge on any atom is 0.317 e. The standard InChI is InChI=1S/C4H8BrNO2/c1-3(5)6-2-4(7)8/h3,6H,2H2,1H3,(H,7,8)/t3-/m1/s1. The van der Waals surface area contributed by atoms with Gasteiger partial charge in [-0.2, -0.15) is 0 Å². The second-order valence-electron chi connectivity index (χ2n) is 1.39. The van der Waals surface area contributed by atoms with Crippen LogP contribution in [0, 0.1) is 0 Å². The van der Waals surface area contributed by atoms with E-state index in [-0.39, 0.29) is 11.5 Å². The van der Waals surface area contributed by atoms with Crippen molar-refractivity contribution in [3.63, 3.8) is 0 Å². The zero-order valence-electron chi connectivity index (χ0n) is 4.52. The quantitative estimate of drug-likeness (QED) is 0.490. The Morgan fingerprint density at radius 2 is 2.50 bits per heavy atom. The lowest BCUT2D eigenvalue weighted by atomic mass is 10.6. The molecule has 8 heavy (non-hydrogen) atoms. The van der Waals surface area contributed by atoms with E-state index in [2.05, 4.69) is 21.2 Å². The Hall–Kier alpha value is -0.0900. The third-order valence-electron chi connectivity index (χ3n) is 0.535. The molecule has 1 atom stereocenters. The van der Waals surface area contributed by atoms with Crippen molar-refractivity contribution < 1.29 is 9.90 Å². The molecule has 0 rings (SSSR count). The molecule has 0 bridgehead atoms. The first-order chi connectivity index (χ1) is 3.63. The van der Waals surface area contributed by atoms with Crippen LogP contribution in [0.1, 0.15) is 6.92 Å². The summed E-state index contributed by atoms with van der Waals surface area (Å²) in [7, 11) is 0. The first-order valence-corrected chi connectivity index (χ1v) is 3.13. The van der Waals surface area contributed by atoms with Gasteiger partial charge in [0.05, 0.1) is 11.5 Å². The fraction of sp³-hybridized carbons (Fsp3) is 0.750. The Morgan fingerprint density at radius 1 is 2.00 bits per heavy atom. The zero-order valence-corrected chi connectivity index (χ0v) is 6.10. The van der Waals surface area contributed by atoms with Crippen molar-refractivity contribution in [1.82, 2.24) is 5.32 Å². The van der Waals surface area contributed by atoms with Crippen LogP contribution in [0.3, 0.4) is 0 Å². The van der Waals surface area contributed by atoms with Crippen LogP contribution in [-0.2, 0) is 4.79 Å². The molecule has 0 saturated carbocycles. The van der Waals surface area contributed by atoms with Gasteiger partial charge in [0.2, 0.25) is 0 Å². The maximum atomic E-state index is 9.82. The largest absolute Gasteiger partial charge is 0.480 e. The van der Waals surface area contributed by atoms with E-state index in [4.69, 9.17) is 5.11 Å². The highest BCUT2D eigenvalue weighted by Crippen LogP contribution is 1.88. The van der Waals surface area contributed by atoms with Crippen molar-refractivity contribution in [1.29, 1.82) is 0 Å². The molecule has 0 aromatic heterocycles. The normalized spacial score (nSPS) is 13.2. The summed E-state index contributed by atoms with van der Waals surface area (Å²) in [4.78, 5) is 9.89. The minimum Gasteiger partial charge on any atom is -0.480 e. The zero-order chi connectivity index (χ0) is 6.57. The van der Waals surface area contributed by atoms with Crippen LogP contribution in [0.15, 0.2) is 0 Å². The van der Waals surface area contributed by atoms with Crippen molar-refractivity contribution in [2.45, 2.75) is 11.9 Å². The monoisotopic (exact) mass is 181 g/mol. The molecule has 0 fully saturated rings. The highest BCUT2D eigenvalue weighted by atomic mass is 79.9. The van der Waals surface area contributed by atoms with Gasteiger partial charge in [-0.25, -0.2) is 0 Å². The molecule has 0 unspecified atom stereocenters. The molecule has 0 amide bonds. The number of carbonyl (C=O) groups is 1. The molecule has 48 valence electrons. The summed E-state index contributed by atoms with van der Waals surface area (Å²) in [5.41, 5.74) is 0. The van der Waals surface area contributed by atoms with Crippen LogP contribution < -0.4 is 5.32 Å². The molecule has 0 saturated heterocycles. The van der Waals surface area contributed by atoms with Crippen LogP contribution in [0.5, 0.6) is 0 Å². The number of hydrogen-bond donors (Lipinski definition) is 2. The number of nitrogens with one attached hydrogen (secondary N) is 1. The topological polar surface area (TPSA) is 49.3 Å². The van der Waals surface area contributed by atoms with E-state index in [1.807, 2.05) is 6.92 Å². The highest BCUT2D eigenvalue weighted by molar-refractivity contribution is 9.09. The third-order valence-corrected chi connectivity index (χ3v) is 0.858. The average molecular weight is 182 g/mol. The van der Waals surface area contributed by atoms with Gasteiger partial charge in [0.1, 0.15) is 0 Å². The lowest BCUT2D eigenvalue weighted by Gasteiger charge is -2.00. The van der Waals surface area contributed by atoms with E-state index < -0.39 is 5.97 Å². The Labute approximate surface area is 56.2 Å². The van der Waals surface area contributed by atoms with E-state index in [1.165, 1.54) is 0 Å². The van der Waals surface area contributed by atoms with Crippen LogP contribution in [0.4, 0.5) is 0 Å². The van der Waals surface area contributed by atoms with Gasteiger partial charge in [-0.1, -0.05) is 15.9 Å². The van der Waals surface area contributed by atoms with E-state index >= 15 is 0 Å². The van der Waals surface area contributed by atoms with E-state index in [0.29, 0.717) is 0 Å². The van der Waals surface area contributed by atoms with Crippen molar-refractivity contribution in [2.75, 3.05) is 6.54 Å². The lowest BCUT2D eigenvalue weighted by Crippen LogP contribution is -2.26. The number of carboxylic acid groups (broad SMARTS) is 1. The van der Waals surface area contributed by atoms with Gasteiger partial charge in [0.25, 0.3) is 0 Å². The number of aliphatic carboxylic acids is 1. The van der Waals surface area contributed by atoms with Crippen molar-refractivity contribution in [2.24, 2.45) is 0 Å². The van der Waals surface area contributed by atoms with Gasteiger partial charge in [-0.3, -0.25) is 10.1 Å². The fourth-order valence-corrected chi connectivity index (χ4v) is 0.390. The number of alkyl halides is 1. The highest BCUT2D eigenvalue weighted by Gasteiger charge is 1.96. The molecule has 0 spiro atoms. The van der Waals surface area contributed by atoms with E-state index in [9.17, 15) is 4.79 Å². The number of hydrogen-bond acceptors (Lipinski definition) is 2. The SMILES string of the molecule is C[C@H](Br)NCC(=O)O. The van der Waals surface area contributed by atoms with Crippen molar-refractivity contribution in [3.05, 3.63) is 0 Å². The molecule has 0 radical (unpaired) electrons. The molecular weight excluding hydrogens is 174 g/mol. The molecule has 0 aliphatic heterocycles. The van der Waals surface area contributed by atoms with Gasteiger partial charge in [0, 0.05) is 0 Å².